The Morgan fingerprint density at radius 1 is 1.60 bits per heavy atom. The summed E-state index contributed by atoms with van der Waals surface area (Å²) < 4.78 is 0. The van der Waals surface area contributed by atoms with Crippen molar-refractivity contribution in [3.63, 3.8) is 0 Å². The third-order valence-electron chi connectivity index (χ3n) is 1.83. The third kappa shape index (κ3) is 2.48. The average molecular weight is 141 g/mol. The minimum absolute atomic E-state index is 0.443. The first kappa shape index (κ1) is 7.73. The van der Waals surface area contributed by atoms with Crippen molar-refractivity contribution in [1.29, 1.82) is 0 Å². The molecule has 2 nitrogen and oxygen atoms in total. The van der Waals surface area contributed by atoms with Crippen LogP contribution in [0.1, 0.15) is 26.2 Å². The topological polar surface area (TPSA) is 29.1 Å². The SMILES string of the molecule is CCNCCC(=O)C1CC1. The predicted molar refractivity (Wildman–Crippen MR) is 40.9 cm³/mol. The van der Waals surface area contributed by atoms with Crippen molar-refractivity contribution in [3.8, 4) is 0 Å². The van der Waals surface area contributed by atoms with Gasteiger partial charge in [0.2, 0.25) is 0 Å². The Hall–Kier alpha value is -0.370. The van der Waals surface area contributed by atoms with E-state index in [-0.39, 0.29) is 0 Å². The second kappa shape index (κ2) is 3.71. The van der Waals surface area contributed by atoms with E-state index < -0.39 is 0 Å². The van der Waals surface area contributed by atoms with Crippen LogP contribution in [0, 0.1) is 5.92 Å². The Morgan fingerprint density at radius 2 is 2.30 bits per heavy atom. The van der Waals surface area contributed by atoms with Crippen molar-refractivity contribution < 1.29 is 4.79 Å². The van der Waals surface area contributed by atoms with Gasteiger partial charge in [-0.05, 0) is 19.4 Å². The summed E-state index contributed by atoms with van der Waals surface area (Å²) in [6.07, 6.45) is 3.02. The van der Waals surface area contributed by atoms with E-state index in [9.17, 15) is 4.79 Å². The molecular formula is C8H15NO. The second-order valence-corrected chi connectivity index (χ2v) is 2.84. The van der Waals surface area contributed by atoms with Crippen LogP contribution in [0.5, 0.6) is 0 Å². The lowest BCUT2D eigenvalue weighted by Crippen LogP contribution is -2.18. The monoisotopic (exact) mass is 141 g/mol. The first-order chi connectivity index (χ1) is 4.84. The van der Waals surface area contributed by atoms with Gasteiger partial charge in [0.1, 0.15) is 5.78 Å². The number of hydrogen-bond acceptors (Lipinski definition) is 2. The van der Waals surface area contributed by atoms with E-state index in [0.29, 0.717) is 11.7 Å². The molecule has 0 atom stereocenters. The molecular weight excluding hydrogens is 126 g/mol. The van der Waals surface area contributed by atoms with Crippen LogP contribution in [0.3, 0.4) is 0 Å². The minimum atomic E-state index is 0.443. The van der Waals surface area contributed by atoms with E-state index in [2.05, 4.69) is 12.2 Å². The molecule has 10 heavy (non-hydrogen) atoms. The molecule has 1 aliphatic rings. The average Bonchev–Trinajstić information content (AvgIpc) is 2.69. The minimum Gasteiger partial charge on any atom is -0.317 e. The Bertz CT molecular complexity index is 118. The van der Waals surface area contributed by atoms with Gasteiger partial charge in [0.05, 0.1) is 0 Å². The van der Waals surface area contributed by atoms with Crippen molar-refractivity contribution in [2.75, 3.05) is 13.1 Å². The van der Waals surface area contributed by atoms with Crippen LogP contribution in [0.15, 0.2) is 0 Å². The van der Waals surface area contributed by atoms with E-state index in [1.807, 2.05) is 0 Å². The summed E-state index contributed by atoms with van der Waals surface area (Å²) >= 11 is 0. The highest BCUT2D eigenvalue weighted by molar-refractivity contribution is 5.83. The Labute approximate surface area is 62.0 Å². The summed E-state index contributed by atoms with van der Waals surface area (Å²) in [5.41, 5.74) is 0. The van der Waals surface area contributed by atoms with Gasteiger partial charge in [-0.2, -0.15) is 0 Å². The number of nitrogens with one attached hydrogen (secondary N) is 1. The molecule has 0 heterocycles. The predicted octanol–water partition coefficient (Wildman–Crippen LogP) is 0.965. The van der Waals surface area contributed by atoms with Gasteiger partial charge in [-0.15, -0.1) is 0 Å². The molecule has 0 aromatic rings. The van der Waals surface area contributed by atoms with Crippen molar-refractivity contribution in [3.05, 3.63) is 0 Å². The number of rotatable bonds is 5. The highest BCUT2D eigenvalue weighted by atomic mass is 16.1. The summed E-state index contributed by atoms with van der Waals surface area (Å²) in [4.78, 5) is 11.0. The van der Waals surface area contributed by atoms with Crippen molar-refractivity contribution in [2.45, 2.75) is 26.2 Å². The number of hydrogen-bond donors (Lipinski definition) is 1. The van der Waals surface area contributed by atoms with Crippen LogP contribution in [0.25, 0.3) is 0 Å². The maximum Gasteiger partial charge on any atom is 0.137 e. The lowest BCUT2D eigenvalue weighted by atomic mass is 10.2. The fourth-order valence-electron chi connectivity index (χ4n) is 0.998. The molecule has 0 spiro atoms. The molecule has 2 heteroatoms. The summed E-state index contributed by atoms with van der Waals surface area (Å²) in [5, 5.41) is 3.14. The molecule has 1 rings (SSSR count). The Morgan fingerprint density at radius 3 is 2.80 bits per heavy atom. The van der Waals surface area contributed by atoms with E-state index in [1.165, 1.54) is 0 Å². The van der Waals surface area contributed by atoms with Crippen molar-refractivity contribution in [1.82, 2.24) is 5.32 Å². The normalized spacial score (nSPS) is 17.3. The number of Topliss-reactive ketones (excluding diaryl/α,β-unsaturated/α-hetero) is 1. The molecule has 0 aromatic carbocycles. The molecule has 1 N–H and O–H groups in total. The molecule has 0 aliphatic heterocycles. The van der Waals surface area contributed by atoms with Gasteiger partial charge < -0.3 is 5.32 Å². The maximum atomic E-state index is 11.0. The van der Waals surface area contributed by atoms with Crippen LogP contribution >= 0.6 is 0 Å². The van der Waals surface area contributed by atoms with Gasteiger partial charge in [-0.25, -0.2) is 0 Å². The van der Waals surface area contributed by atoms with Gasteiger partial charge >= 0.3 is 0 Å². The zero-order valence-electron chi connectivity index (χ0n) is 6.52. The van der Waals surface area contributed by atoms with Crippen LogP contribution < -0.4 is 5.32 Å². The summed E-state index contributed by atoms with van der Waals surface area (Å²) in [6, 6.07) is 0. The van der Waals surface area contributed by atoms with Crippen LogP contribution in [0.4, 0.5) is 0 Å². The van der Waals surface area contributed by atoms with E-state index >= 15 is 0 Å². The molecule has 1 saturated carbocycles. The molecule has 1 fully saturated rings. The highest BCUT2D eigenvalue weighted by Crippen LogP contribution is 2.30. The molecule has 1 aliphatic carbocycles. The zero-order valence-corrected chi connectivity index (χ0v) is 6.52. The lowest BCUT2D eigenvalue weighted by Gasteiger charge is -1.98. The van der Waals surface area contributed by atoms with Crippen molar-refractivity contribution >= 4 is 5.78 Å². The Balaban J connectivity index is 1.95. The van der Waals surface area contributed by atoms with Crippen LogP contribution in [0.2, 0.25) is 0 Å². The van der Waals surface area contributed by atoms with Gasteiger partial charge in [-0.3, -0.25) is 4.79 Å². The quantitative estimate of drug-likeness (QED) is 0.578. The number of ketones is 1. The van der Waals surface area contributed by atoms with E-state index in [0.717, 1.165) is 32.4 Å². The molecule has 0 bridgehead atoms. The van der Waals surface area contributed by atoms with Crippen LogP contribution in [-0.2, 0) is 4.79 Å². The van der Waals surface area contributed by atoms with Crippen LogP contribution in [-0.4, -0.2) is 18.9 Å². The van der Waals surface area contributed by atoms with E-state index in [1.54, 1.807) is 0 Å². The van der Waals surface area contributed by atoms with Gasteiger partial charge in [-0.1, -0.05) is 6.92 Å². The summed E-state index contributed by atoms with van der Waals surface area (Å²) in [6.45, 7) is 3.89. The summed E-state index contributed by atoms with van der Waals surface area (Å²) in [5.74, 6) is 0.902. The van der Waals surface area contributed by atoms with Gasteiger partial charge in [0, 0.05) is 18.9 Å². The summed E-state index contributed by atoms with van der Waals surface area (Å²) in [7, 11) is 0. The van der Waals surface area contributed by atoms with Gasteiger partial charge in [0.15, 0.2) is 0 Å². The first-order valence-corrected chi connectivity index (χ1v) is 4.08. The van der Waals surface area contributed by atoms with E-state index in [4.69, 9.17) is 0 Å². The molecule has 58 valence electrons. The molecule has 0 saturated heterocycles. The zero-order chi connectivity index (χ0) is 7.40. The number of carbonyl (C=O) groups is 1. The highest BCUT2D eigenvalue weighted by Gasteiger charge is 2.28. The molecule has 0 aromatic heterocycles. The fraction of sp³-hybridized carbons (Fsp3) is 0.875. The third-order valence-corrected chi connectivity index (χ3v) is 1.83. The second-order valence-electron chi connectivity index (χ2n) is 2.84. The molecule has 0 radical (unpaired) electrons. The molecule has 0 amide bonds. The Kier molecular flexibility index (Phi) is 2.87. The standard InChI is InChI=1S/C8H15NO/c1-2-9-6-5-8(10)7-3-4-7/h7,9H,2-6H2,1H3. The maximum absolute atomic E-state index is 11.0. The molecule has 0 unspecified atom stereocenters. The largest absolute Gasteiger partial charge is 0.317 e. The van der Waals surface area contributed by atoms with Crippen molar-refractivity contribution in [2.24, 2.45) is 5.92 Å². The van der Waals surface area contributed by atoms with Gasteiger partial charge in [0.25, 0.3) is 0 Å². The number of carbonyl (C=O) groups excluding carboxylic acids is 1. The smallest absolute Gasteiger partial charge is 0.137 e. The fourth-order valence-corrected chi connectivity index (χ4v) is 0.998. The lowest BCUT2D eigenvalue weighted by molar-refractivity contribution is -0.120. The first-order valence-electron chi connectivity index (χ1n) is 4.08.